The van der Waals surface area contributed by atoms with Crippen LogP contribution in [0.2, 0.25) is 0 Å². The molecular weight excluding hydrogens is 248 g/mol. The first kappa shape index (κ1) is 14.5. The van der Waals surface area contributed by atoms with Gasteiger partial charge in [0, 0.05) is 18.3 Å². The van der Waals surface area contributed by atoms with E-state index in [1.807, 2.05) is 24.3 Å². The SMILES string of the molecule is CCC(C)c1ccccc1OCc1cccnc1CN. The Kier molecular flexibility index (Phi) is 5.13. The van der Waals surface area contributed by atoms with Gasteiger partial charge < -0.3 is 10.5 Å². The minimum atomic E-state index is 0.437. The van der Waals surface area contributed by atoms with Gasteiger partial charge in [0.2, 0.25) is 0 Å². The molecule has 0 amide bonds. The molecule has 2 aromatic rings. The Balaban J connectivity index is 2.15. The molecule has 3 nitrogen and oxygen atoms in total. The van der Waals surface area contributed by atoms with Gasteiger partial charge in [0.15, 0.2) is 0 Å². The number of nitrogens with two attached hydrogens (primary N) is 1. The molecule has 1 aromatic heterocycles. The van der Waals surface area contributed by atoms with E-state index in [0.717, 1.165) is 23.4 Å². The summed E-state index contributed by atoms with van der Waals surface area (Å²) in [4.78, 5) is 4.28. The van der Waals surface area contributed by atoms with Crippen LogP contribution in [0.25, 0.3) is 0 Å². The Labute approximate surface area is 120 Å². The fourth-order valence-corrected chi connectivity index (χ4v) is 2.18. The van der Waals surface area contributed by atoms with Gasteiger partial charge in [-0.1, -0.05) is 38.1 Å². The number of aromatic nitrogens is 1. The minimum Gasteiger partial charge on any atom is -0.489 e. The molecular formula is C17H22N2O. The summed E-state index contributed by atoms with van der Waals surface area (Å²) in [6.45, 7) is 5.35. The summed E-state index contributed by atoms with van der Waals surface area (Å²) in [6, 6.07) is 12.2. The van der Waals surface area contributed by atoms with Gasteiger partial charge in [0.05, 0.1) is 5.69 Å². The van der Waals surface area contributed by atoms with Crippen molar-refractivity contribution in [3.05, 3.63) is 59.4 Å². The highest BCUT2D eigenvalue weighted by Crippen LogP contribution is 2.29. The van der Waals surface area contributed by atoms with Gasteiger partial charge in [0.25, 0.3) is 0 Å². The normalized spacial score (nSPS) is 12.2. The molecule has 0 saturated heterocycles. The number of nitrogens with zero attached hydrogens (tertiary/aromatic N) is 1. The lowest BCUT2D eigenvalue weighted by Crippen LogP contribution is -2.07. The van der Waals surface area contributed by atoms with Crippen LogP contribution >= 0.6 is 0 Å². The number of ether oxygens (including phenoxy) is 1. The number of para-hydroxylation sites is 1. The van der Waals surface area contributed by atoms with Crippen molar-refractivity contribution < 1.29 is 4.74 Å². The summed E-state index contributed by atoms with van der Waals surface area (Å²) in [7, 11) is 0. The maximum absolute atomic E-state index is 5.99. The highest BCUT2D eigenvalue weighted by atomic mass is 16.5. The number of hydrogen-bond donors (Lipinski definition) is 1. The fraction of sp³-hybridized carbons (Fsp3) is 0.353. The van der Waals surface area contributed by atoms with Crippen LogP contribution in [-0.4, -0.2) is 4.98 Å². The van der Waals surface area contributed by atoms with E-state index in [2.05, 4.69) is 31.0 Å². The molecule has 20 heavy (non-hydrogen) atoms. The van der Waals surface area contributed by atoms with Crippen molar-refractivity contribution in [2.75, 3.05) is 0 Å². The highest BCUT2D eigenvalue weighted by Gasteiger charge is 2.10. The molecule has 0 aliphatic heterocycles. The van der Waals surface area contributed by atoms with Crippen molar-refractivity contribution in [1.29, 1.82) is 0 Å². The van der Waals surface area contributed by atoms with Crippen molar-refractivity contribution in [2.24, 2.45) is 5.73 Å². The molecule has 0 bridgehead atoms. The molecule has 106 valence electrons. The van der Waals surface area contributed by atoms with Crippen LogP contribution in [0.1, 0.15) is 43.0 Å². The summed E-state index contributed by atoms with van der Waals surface area (Å²) in [6.07, 6.45) is 2.86. The van der Waals surface area contributed by atoms with E-state index in [0.29, 0.717) is 19.1 Å². The third-order valence-electron chi connectivity index (χ3n) is 3.62. The van der Waals surface area contributed by atoms with Gasteiger partial charge in [-0.3, -0.25) is 4.98 Å². The molecule has 0 fully saturated rings. The largest absolute Gasteiger partial charge is 0.489 e. The molecule has 2 rings (SSSR count). The second-order valence-corrected chi connectivity index (χ2v) is 4.95. The molecule has 0 aliphatic carbocycles. The van der Waals surface area contributed by atoms with Crippen molar-refractivity contribution in [1.82, 2.24) is 4.98 Å². The third kappa shape index (κ3) is 3.36. The van der Waals surface area contributed by atoms with Crippen LogP contribution < -0.4 is 10.5 Å². The average Bonchev–Trinajstić information content (AvgIpc) is 2.52. The lowest BCUT2D eigenvalue weighted by molar-refractivity contribution is 0.299. The Morgan fingerprint density at radius 2 is 2.00 bits per heavy atom. The molecule has 1 aromatic carbocycles. The highest BCUT2D eigenvalue weighted by molar-refractivity contribution is 5.36. The van der Waals surface area contributed by atoms with Crippen molar-refractivity contribution in [2.45, 2.75) is 39.3 Å². The van der Waals surface area contributed by atoms with Gasteiger partial charge in [-0.15, -0.1) is 0 Å². The molecule has 1 atom stereocenters. The maximum Gasteiger partial charge on any atom is 0.123 e. The second-order valence-electron chi connectivity index (χ2n) is 4.95. The summed E-state index contributed by atoms with van der Waals surface area (Å²) in [5.41, 5.74) is 8.91. The predicted molar refractivity (Wildman–Crippen MR) is 81.6 cm³/mol. The van der Waals surface area contributed by atoms with E-state index in [1.54, 1.807) is 6.20 Å². The summed E-state index contributed by atoms with van der Waals surface area (Å²) < 4.78 is 5.99. The summed E-state index contributed by atoms with van der Waals surface area (Å²) >= 11 is 0. The molecule has 3 heteroatoms. The molecule has 0 aliphatic rings. The van der Waals surface area contributed by atoms with E-state index in [1.165, 1.54) is 5.56 Å². The smallest absolute Gasteiger partial charge is 0.123 e. The van der Waals surface area contributed by atoms with E-state index >= 15 is 0 Å². The van der Waals surface area contributed by atoms with Crippen LogP contribution in [0, 0.1) is 0 Å². The van der Waals surface area contributed by atoms with Gasteiger partial charge in [-0.2, -0.15) is 0 Å². The van der Waals surface area contributed by atoms with E-state index < -0.39 is 0 Å². The Morgan fingerprint density at radius 1 is 1.20 bits per heavy atom. The van der Waals surface area contributed by atoms with Crippen molar-refractivity contribution in [3.8, 4) is 5.75 Å². The van der Waals surface area contributed by atoms with Crippen LogP contribution in [-0.2, 0) is 13.2 Å². The van der Waals surface area contributed by atoms with Gasteiger partial charge in [0.1, 0.15) is 12.4 Å². The van der Waals surface area contributed by atoms with Crippen molar-refractivity contribution >= 4 is 0 Å². The number of benzene rings is 1. The summed E-state index contributed by atoms with van der Waals surface area (Å²) in [5.74, 6) is 1.45. The van der Waals surface area contributed by atoms with Crippen LogP contribution in [0.5, 0.6) is 5.75 Å². The van der Waals surface area contributed by atoms with E-state index in [-0.39, 0.29) is 0 Å². The van der Waals surface area contributed by atoms with Gasteiger partial charge in [-0.25, -0.2) is 0 Å². The fourth-order valence-electron chi connectivity index (χ4n) is 2.18. The molecule has 0 spiro atoms. The first-order valence-electron chi connectivity index (χ1n) is 7.10. The van der Waals surface area contributed by atoms with Crippen LogP contribution in [0.3, 0.4) is 0 Å². The zero-order valence-electron chi connectivity index (χ0n) is 12.2. The molecule has 0 radical (unpaired) electrons. The Hall–Kier alpha value is -1.87. The maximum atomic E-state index is 5.99. The summed E-state index contributed by atoms with van der Waals surface area (Å²) in [5, 5.41) is 0. The zero-order valence-corrected chi connectivity index (χ0v) is 12.2. The molecule has 2 N–H and O–H groups in total. The standard InChI is InChI=1S/C17H22N2O/c1-3-13(2)15-8-4-5-9-17(15)20-12-14-7-6-10-19-16(14)11-18/h4-10,13H,3,11-12,18H2,1-2H3. The van der Waals surface area contributed by atoms with Crippen molar-refractivity contribution in [3.63, 3.8) is 0 Å². The van der Waals surface area contributed by atoms with Crippen LogP contribution in [0.15, 0.2) is 42.6 Å². The lowest BCUT2D eigenvalue weighted by Gasteiger charge is -2.16. The van der Waals surface area contributed by atoms with E-state index in [9.17, 15) is 0 Å². The Bertz CT molecular complexity index is 554. The first-order chi connectivity index (χ1) is 9.76. The number of pyridine rings is 1. The molecule has 0 saturated carbocycles. The zero-order chi connectivity index (χ0) is 14.4. The van der Waals surface area contributed by atoms with Gasteiger partial charge in [-0.05, 0) is 30.0 Å². The minimum absolute atomic E-state index is 0.437. The molecule has 1 heterocycles. The first-order valence-corrected chi connectivity index (χ1v) is 7.10. The number of hydrogen-bond acceptors (Lipinski definition) is 3. The Morgan fingerprint density at radius 3 is 2.75 bits per heavy atom. The van der Waals surface area contributed by atoms with Gasteiger partial charge >= 0.3 is 0 Å². The predicted octanol–water partition coefficient (Wildman–Crippen LogP) is 3.63. The van der Waals surface area contributed by atoms with Crippen LogP contribution in [0.4, 0.5) is 0 Å². The number of rotatable bonds is 6. The second kappa shape index (κ2) is 7.06. The third-order valence-corrected chi connectivity index (χ3v) is 3.62. The monoisotopic (exact) mass is 270 g/mol. The van der Waals surface area contributed by atoms with E-state index in [4.69, 9.17) is 10.5 Å². The lowest BCUT2D eigenvalue weighted by atomic mass is 9.98. The molecule has 1 unspecified atom stereocenters. The average molecular weight is 270 g/mol. The quantitative estimate of drug-likeness (QED) is 0.872. The topological polar surface area (TPSA) is 48.1 Å².